The van der Waals surface area contributed by atoms with E-state index in [1.165, 1.54) is 76.2 Å². The minimum Gasteiger partial charge on any atom is -0.0848 e. The van der Waals surface area contributed by atoms with Crippen molar-refractivity contribution in [3.8, 4) is 0 Å². The highest BCUT2D eigenvalue weighted by molar-refractivity contribution is 5.38. The van der Waals surface area contributed by atoms with Crippen LogP contribution >= 0.6 is 0 Å². The molecule has 4 unspecified atom stereocenters. The van der Waals surface area contributed by atoms with E-state index in [1.54, 1.807) is 11.1 Å². The van der Waals surface area contributed by atoms with Crippen LogP contribution in [0.4, 0.5) is 0 Å². The van der Waals surface area contributed by atoms with Crippen LogP contribution in [0.2, 0.25) is 0 Å². The van der Waals surface area contributed by atoms with Crippen LogP contribution in [0.15, 0.2) is 29.8 Å². The summed E-state index contributed by atoms with van der Waals surface area (Å²) in [6.07, 6.45) is 18.1. The summed E-state index contributed by atoms with van der Waals surface area (Å²) in [6.45, 7) is 11.2. The third-order valence-electron chi connectivity index (χ3n) is 7.76. The van der Waals surface area contributed by atoms with Crippen LogP contribution in [0.25, 0.3) is 0 Å². The van der Waals surface area contributed by atoms with Gasteiger partial charge in [-0.25, -0.2) is 0 Å². The Balaban J connectivity index is 0.000000449. The highest BCUT2D eigenvalue weighted by atomic mass is 14.6. The van der Waals surface area contributed by atoms with E-state index in [1.807, 2.05) is 19.4 Å². The fraction of sp³-hybridized carbons (Fsp3) is 0.724. The molecule has 0 bridgehead atoms. The van der Waals surface area contributed by atoms with Crippen molar-refractivity contribution in [1.82, 2.24) is 0 Å². The van der Waals surface area contributed by atoms with Crippen LogP contribution in [-0.4, -0.2) is 0 Å². The Kier molecular flexibility index (Phi) is 9.05. The molecule has 0 amide bonds. The van der Waals surface area contributed by atoms with E-state index in [2.05, 4.69) is 45.0 Å². The van der Waals surface area contributed by atoms with Crippen molar-refractivity contribution in [3.63, 3.8) is 0 Å². The fourth-order valence-corrected chi connectivity index (χ4v) is 6.21. The zero-order chi connectivity index (χ0) is 20.1. The average molecular weight is 397 g/mol. The molecule has 0 radical (unpaired) electrons. The zero-order valence-electron chi connectivity index (χ0n) is 19.3. The lowest BCUT2D eigenvalue weighted by Gasteiger charge is -2.49. The Bertz CT molecular complexity index is 662. The van der Waals surface area contributed by atoms with Crippen LogP contribution in [0.3, 0.4) is 0 Å². The molecule has 3 saturated carbocycles. The van der Waals surface area contributed by atoms with Crippen LogP contribution in [0, 0.1) is 24.2 Å². The second-order valence-electron chi connectivity index (χ2n) is 9.69. The maximum atomic E-state index is 2.61. The maximum absolute atomic E-state index is 2.61. The molecule has 4 aliphatic rings. The predicted octanol–water partition coefficient (Wildman–Crippen LogP) is 9.41. The van der Waals surface area contributed by atoms with Crippen molar-refractivity contribution >= 4 is 0 Å². The van der Waals surface area contributed by atoms with Gasteiger partial charge in [0.05, 0.1) is 0 Å². The number of benzene rings is 1. The van der Waals surface area contributed by atoms with Gasteiger partial charge in [0.25, 0.3) is 0 Å². The van der Waals surface area contributed by atoms with Gasteiger partial charge in [-0.3, -0.25) is 0 Å². The van der Waals surface area contributed by atoms with E-state index < -0.39 is 0 Å². The van der Waals surface area contributed by atoms with E-state index in [0.717, 1.165) is 17.8 Å². The molecule has 1 aromatic rings. The van der Waals surface area contributed by atoms with E-state index in [4.69, 9.17) is 0 Å². The smallest absolute Gasteiger partial charge is 0.00850 e. The van der Waals surface area contributed by atoms with Crippen LogP contribution in [-0.2, 0) is 6.42 Å². The Morgan fingerprint density at radius 3 is 2.41 bits per heavy atom. The standard InChI is InChI=1S/C23H32.C3H6.C2H6.CH4/c1-4-5-6-18-9-12-22-21-11-8-17-15-16(2)7-10-19(17)20(21)13-14-23(18,22)3;1-2-3-1;1-2;/h6-7,10,15,20-22H,4-5,8-9,11-14H2,1-3H3;1-3H2;1-2H3;1H4/b18-6-;;;. The first-order valence-electron chi connectivity index (χ1n) is 12.4. The highest BCUT2D eigenvalue weighted by Crippen LogP contribution is 2.62. The summed E-state index contributed by atoms with van der Waals surface area (Å²) in [7, 11) is 0. The third-order valence-corrected chi connectivity index (χ3v) is 7.76. The molecule has 0 saturated heterocycles. The molecule has 0 nitrogen and oxygen atoms in total. The van der Waals surface area contributed by atoms with Crippen molar-refractivity contribution in [1.29, 1.82) is 0 Å². The summed E-state index contributed by atoms with van der Waals surface area (Å²) in [6, 6.07) is 7.27. The van der Waals surface area contributed by atoms with Gasteiger partial charge in [-0.15, -0.1) is 0 Å². The lowest BCUT2D eigenvalue weighted by molar-refractivity contribution is 0.0812. The predicted molar refractivity (Wildman–Crippen MR) is 131 cm³/mol. The maximum Gasteiger partial charge on any atom is -0.00850 e. The van der Waals surface area contributed by atoms with E-state index in [-0.39, 0.29) is 7.43 Å². The Morgan fingerprint density at radius 2 is 1.76 bits per heavy atom. The van der Waals surface area contributed by atoms with Gasteiger partial charge < -0.3 is 0 Å². The Morgan fingerprint density at radius 1 is 1.03 bits per heavy atom. The zero-order valence-corrected chi connectivity index (χ0v) is 19.3. The van der Waals surface area contributed by atoms with Crippen LogP contribution < -0.4 is 0 Å². The number of aryl methyl sites for hydroxylation is 2. The third kappa shape index (κ3) is 5.18. The molecule has 5 rings (SSSR count). The summed E-state index contributed by atoms with van der Waals surface area (Å²) in [5.74, 6) is 2.73. The lowest BCUT2D eigenvalue weighted by atomic mass is 9.55. The monoisotopic (exact) mass is 396 g/mol. The second-order valence-corrected chi connectivity index (χ2v) is 9.69. The lowest BCUT2D eigenvalue weighted by Crippen LogP contribution is -2.40. The van der Waals surface area contributed by atoms with E-state index >= 15 is 0 Å². The molecule has 3 fully saturated rings. The van der Waals surface area contributed by atoms with Crippen molar-refractivity contribution < 1.29 is 0 Å². The summed E-state index contributed by atoms with van der Waals surface area (Å²) >= 11 is 0. The SMILES string of the molecule is C.C1CC1.CC.CCC/C=C1/CCC2C3CCc4cc(C)ccc4C3CCC12C. The molecule has 1 aromatic carbocycles. The quantitative estimate of drug-likeness (QED) is 0.437. The van der Waals surface area contributed by atoms with E-state index in [9.17, 15) is 0 Å². The van der Waals surface area contributed by atoms with Crippen molar-refractivity contribution in [3.05, 3.63) is 46.5 Å². The van der Waals surface area contributed by atoms with Gasteiger partial charge >= 0.3 is 0 Å². The Labute approximate surface area is 182 Å². The van der Waals surface area contributed by atoms with Gasteiger partial charge in [-0.05, 0) is 86.2 Å². The van der Waals surface area contributed by atoms with Gasteiger partial charge in [0.2, 0.25) is 0 Å². The molecule has 0 heterocycles. The summed E-state index contributed by atoms with van der Waals surface area (Å²) < 4.78 is 0. The average Bonchev–Trinajstić information content (AvgIpc) is 3.56. The van der Waals surface area contributed by atoms with Gasteiger partial charge in [-0.2, -0.15) is 0 Å². The molecule has 164 valence electrons. The highest BCUT2D eigenvalue weighted by Gasteiger charge is 2.52. The second kappa shape index (κ2) is 10.8. The molecular weight excluding hydrogens is 348 g/mol. The summed E-state index contributed by atoms with van der Waals surface area (Å²) in [4.78, 5) is 0. The summed E-state index contributed by atoms with van der Waals surface area (Å²) in [5, 5.41) is 0. The molecule has 0 aliphatic heterocycles. The normalized spacial score (nSPS) is 32.3. The van der Waals surface area contributed by atoms with Gasteiger partial charge in [0.1, 0.15) is 0 Å². The van der Waals surface area contributed by atoms with Crippen molar-refractivity contribution in [2.24, 2.45) is 17.3 Å². The molecule has 0 aromatic heterocycles. The molecular formula is C29H48. The number of allylic oxidation sites excluding steroid dienone is 2. The van der Waals surface area contributed by atoms with Gasteiger partial charge in [0, 0.05) is 0 Å². The fourth-order valence-electron chi connectivity index (χ4n) is 6.21. The van der Waals surface area contributed by atoms with Crippen molar-refractivity contribution in [2.75, 3.05) is 0 Å². The molecule has 0 heteroatoms. The first-order valence-corrected chi connectivity index (χ1v) is 12.4. The van der Waals surface area contributed by atoms with Crippen molar-refractivity contribution in [2.45, 2.75) is 119 Å². The van der Waals surface area contributed by atoms with Gasteiger partial charge in [-0.1, -0.05) is 96.2 Å². The molecule has 4 atom stereocenters. The minimum absolute atomic E-state index is 0. The minimum atomic E-state index is 0. The number of unbranched alkanes of at least 4 members (excludes halogenated alkanes) is 1. The molecule has 0 spiro atoms. The molecule has 29 heavy (non-hydrogen) atoms. The number of fused-ring (bicyclic) bond motifs is 5. The molecule has 4 aliphatic carbocycles. The summed E-state index contributed by atoms with van der Waals surface area (Å²) in [5.41, 5.74) is 7.15. The first-order chi connectivity index (χ1) is 13.6. The Hall–Kier alpha value is -1.04. The number of hydrogen-bond acceptors (Lipinski definition) is 0. The van der Waals surface area contributed by atoms with E-state index in [0.29, 0.717) is 5.41 Å². The largest absolute Gasteiger partial charge is 0.0848 e. The first kappa shape index (κ1) is 24.2. The topological polar surface area (TPSA) is 0 Å². The number of hydrogen-bond donors (Lipinski definition) is 0. The van der Waals surface area contributed by atoms with Crippen LogP contribution in [0.1, 0.15) is 122 Å². The number of rotatable bonds is 2. The molecule has 0 N–H and O–H groups in total. The van der Waals surface area contributed by atoms with Gasteiger partial charge in [0.15, 0.2) is 0 Å². The van der Waals surface area contributed by atoms with Crippen LogP contribution in [0.5, 0.6) is 0 Å².